The molecule has 2 aromatic rings. The maximum atomic E-state index is 13.3. The van der Waals surface area contributed by atoms with Gasteiger partial charge in [0.25, 0.3) is 5.91 Å². The van der Waals surface area contributed by atoms with Gasteiger partial charge in [-0.3, -0.25) is 14.4 Å². The molecule has 1 aromatic heterocycles. The van der Waals surface area contributed by atoms with Crippen LogP contribution < -0.4 is 15.4 Å². The maximum Gasteiger partial charge on any atom is 0.257 e. The number of carbonyl (C=O) groups excluding carboxylic acids is 3. The Hall–Kier alpha value is -2.91. The van der Waals surface area contributed by atoms with E-state index in [4.69, 9.17) is 9.47 Å². The van der Waals surface area contributed by atoms with Gasteiger partial charge >= 0.3 is 0 Å². The van der Waals surface area contributed by atoms with E-state index in [0.29, 0.717) is 36.4 Å². The second-order valence-electron chi connectivity index (χ2n) is 8.74. The Balaban J connectivity index is 1.43. The van der Waals surface area contributed by atoms with E-state index >= 15 is 0 Å². The first-order valence-corrected chi connectivity index (χ1v) is 12.6. The van der Waals surface area contributed by atoms with Crippen molar-refractivity contribution in [3.05, 3.63) is 46.2 Å². The quantitative estimate of drug-likeness (QED) is 0.628. The summed E-state index contributed by atoms with van der Waals surface area (Å²) in [6, 6.07) is 8.80. The van der Waals surface area contributed by atoms with Gasteiger partial charge in [0.1, 0.15) is 18.5 Å². The molecule has 182 valence electrons. The zero-order chi connectivity index (χ0) is 24.1. The Bertz CT molecular complexity index is 1030. The summed E-state index contributed by atoms with van der Waals surface area (Å²) in [5.41, 5.74) is 0.969. The number of hydrogen-bond acceptors (Lipinski definition) is 6. The number of anilines is 1. The lowest BCUT2D eigenvalue weighted by Crippen LogP contribution is -2.54. The van der Waals surface area contributed by atoms with E-state index in [-0.39, 0.29) is 49.0 Å². The predicted molar refractivity (Wildman–Crippen MR) is 130 cm³/mol. The largest absolute Gasteiger partial charge is 0.490 e. The molecule has 0 saturated carbocycles. The summed E-state index contributed by atoms with van der Waals surface area (Å²) in [6.07, 6.45) is 2.42. The first kappa shape index (κ1) is 24.2. The lowest BCUT2D eigenvalue weighted by atomic mass is 9.94. The van der Waals surface area contributed by atoms with Crippen LogP contribution in [0.15, 0.2) is 35.7 Å². The third kappa shape index (κ3) is 5.77. The number of fused-ring (bicyclic) bond motifs is 2. The van der Waals surface area contributed by atoms with Crippen molar-refractivity contribution in [3.8, 4) is 5.75 Å². The molecule has 0 radical (unpaired) electrons. The first-order chi connectivity index (χ1) is 16.4. The topological polar surface area (TPSA) is 97.0 Å². The number of ether oxygens (including phenoxy) is 2. The molecule has 1 aromatic carbocycles. The standard InChI is InChI=1S/C25H31N3O5S/c1-3-10-26-23(29)13-17-7-8-20-22(33-17)15-32-21-9-6-16(12-19(21)25(31)28(20)2)27-24(30)14-18-5-4-11-34-18/h4-6,9,11-12,17,20,22H,3,7-8,10,13-15H2,1-2H3,(H,26,29)(H,27,30)/t17-,20+,22+/m0/s1. The van der Waals surface area contributed by atoms with Gasteiger partial charge in [0.15, 0.2) is 0 Å². The van der Waals surface area contributed by atoms with Gasteiger partial charge in [0, 0.05) is 24.2 Å². The summed E-state index contributed by atoms with van der Waals surface area (Å²) in [5.74, 6) is 0.130. The highest BCUT2D eigenvalue weighted by Crippen LogP contribution is 2.32. The lowest BCUT2D eigenvalue weighted by Gasteiger charge is -2.42. The van der Waals surface area contributed by atoms with E-state index in [0.717, 1.165) is 17.7 Å². The van der Waals surface area contributed by atoms with Gasteiger partial charge in [-0.2, -0.15) is 0 Å². The number of amides is 3. The maximum absolute atomic E-state index is 13.3. The average molecular weight is 486 g/mol. The SMILES string of the molecule is CCCNC(=O)C[C@@H]1CC[C@@H]2[C@@H](COc3ccc(NC(=O)Cc4cccs4)cc3C(=O)N2C)O1. The molecule has 0 unspecified atom stereocenters. The van der Waals surface area contributed by atoms with Gasteiger partial charge in [-0.1, -0.05) is 13.0 Å². The number of thiophene rings is 1. The van der Waals surface area contributed by atoms with E-state index in [9.17, 15) is 14.4 Å². The van der Waals surface area contributed by atoms with Crippen molar-refractivity contribution in [2.75, 3.05) is 25.5 Å². The summed E-state index contributed by atoms with van der Waals surface area (Å²) >= 11 is 1.53. The second-order valence-corrected chi connectivity index (χ2v) is 9.77. The fraction of sp³-hybridized carbons (Fsp3) is 0.480. The molecule has 3 amide bonds. The van der Waals surface area contributed by atoms with E-state index in [1.807, 2.05) is 24.4 Å². The summed E-state index contributed by atoms with van der Waals surface area (Å²) < 4.78 is 12.2. The van der Waals surface area contributed by atoms with E-state index < -0.39 is 0 Å². The summed E-state index contributed by atoms with van der Waals surface area (Å²) in [4.78, 5) is 40.5. The van der Waals surface area contributed by atoms with Crippen molar-refractivity contribution in [2.24, 2.45) is 0 Å². The summed E-state index contributed by atoms with van der Waals surface area (Å²) in [7, 11) is 1.77. The Morgan fingerprint density at radius 1 is 1.21 bits per heavy atom. The Morgan fingerprint density at radius 3 is 2.82 bits per heavy atom. The average Bonchev–Trinajstić information content (AvgIpc) is 3.33. The highest BCUT2D eigenvalue weighted by molar-refractivity contribution is 7.10. The smallest absolute Gasteiger partial charge is 0.257 e. The molecule has 0 spiro atoms. The highest BCUT2D eigenvalue weighted by atomic mass is 32.1. The number of likely N-dealkylation sites (N-methyl/N-ethyl adjacent to an activating group) is 1. The lowest BCUT2D eigenvalue weighted by molar-refractivity contribution is -0.134. The van der Waals surface area contributed by atoms with E-state index in [2.05, 4.69) is 10.6 Å². The number of hydrogen-bond donors (Lipinski definition) is 2. The van der Waals surface area contributed by atoms with Crippen LogP contribution in [0.5, 0.6) is 5.75 Å². The van der Waals surface area contributed by atoms with Crippen molar-refractivity contribution < 1.29 is 23.9 Å². The van der Waals surface area contributed by atoms with Crippen LogP contribution in [0.25, 0.3) is 0 Å². The monoisotopic (exact) mass is 485 g/mol. The number of rotatable bonds is 7. The van der Waals surface area contributed by atoms with Crippen LogP contribution in [0, 0.1) is 0 Å². The molecule has 2 aliphatic rings. The predicted octanol–water partition coefficient (Wildman–Crippen LogP) is 3.23. The summed E-state index contributed by atoms with van der Waals surface area (Å²) in [5, 5.41) is 7.70. The Morgan fingerprint density at radius 2 is 2.06 bits per heavy atom. The third-order valence-electron chi connectivity index (χ3n) is 6.20. The molecular formula is C25H31N3O5S. The van der Waals surface area contributed by atoms with Crippen molar-refractivity contribution in [1.29, 1.82) is 0 Å². The van der Waals surface area contributed by atoms with Gasteiger partial charge in [-0.25, -0.2) is 0 Å². The van der Waals surface area contributed by atoms with Crippen molar-refractivity contribution >= 4 is 34.7 Å². The highest BCUT2D eigenvalue weighted by Gasteiger charge is 2.39. The van der Waals surface area contributed by atoms with Crippen molar-refractivity contribution in [1.82, 2.24) is 10.2 Å². The normalized spacial score (nSPS) is 22.0. The minimum atomic E-state index is -0.315. The number of nitrogens with one attached hydrogen (secondary N) is 2. The van der Waals surface area contributed by atoms with Crippen LogP contribution in [0.1, 0.15) is 47.8 Å². The molecule has 4 rings (SSSR count). The van der Waals surface area contributed by atoms with Crippen LogP contribution in [0.3, 0.4) is 0 Å². The molecule has 3 heterocycles. The number of benzene rings is 1. The molecule has 8 nitrogen and oxygen atoms in total. The molecule has 34 heavy (non-hydrogen) atoms. The Labute approximate surface area is 203 Å². The summed E-state index contributed by atoms with van der Waals surface area (Å²) in [6.45, 7) is 2.96. The molecule has 2 aliphatic heterocycles. The van der Waals surface area contributed by atoms with Crippen molar-refractivity contribution in [2.45, 2.75) is 57.3 Å². The van der Waals surface area contributed by atoms with Gasteiger partial charge in [-0.05, 0) is 48.9 Å². The van der Waals surface area contributed by atoms with Gasteiger partial charge in [0.05, 0.1) is 30.6 Å². The van der Waals surface area contributed by atoms with Crippen LogP contribution in [-0.2, 0) is 20.7 Å². The van der Waals surface area contributed by atoms with Gasteiger partial charge in [0.2, 0.25) is 11.8 Å². The van der Waals surface area contributed by atoms with E-state index in [1.54, 1.807) is 30.1 Å². The van der Waals surface area contributed by atoms with Gasteiger partial charge in [-0.15, -0.1) is 11.3 Å². The van der Waals surface area contributed by atoms with Crippen LogP contribution in [0.4, 0.5) is 5.69 Å². The molecule has 2 N–H and O–H groups in total. The molecule has 9 heteroatoms. The second kappa shape index (κ2) is 11.0. The van der Waals surface area contributed by atoms with Crippen molar-refractivity contribution in [3.63, 3.8) is 0 Å². The molecule has 1 saturated heterocycles. The Kier molecular flexibility index (Phi) is 7.84. The fourth-order valence-electron chi connectivity index (χ4n) is 4.43. The number of carbonyl (C=O) groups is 3. The molecule has 0 bridgehead atoms. The zero-order valence-corrected chi connectivity index (χ0v) is 20.4. The molecule has 3 atom stereocenters. The molecular weight excluding hydrogens is 454 g/mol. The van der Waals surface area contributed by atoms with Crippen LogP contribution in [0.2, 0.25) is 0 Å². The van der Waals surface area contributed by atoms with E-state index in [1.165, 1.54) is 11.3 Å². The zero-order valence-electron chi connectivity index (χ0n) is 19.5. The van der Waals surface area contributed by atoms with Crippen LogP contribution >= 0.6 is 11.3 Å². The molecule has 0 aliphatic carbocycles. The minimum Gasteiger partial charge on any atom is -0.490 e. The first-order valence-electron chi connectivity index (χ1n) is 11.7. The molecule has 1 fully saturated rings. The van der Waals surface area contributed by atoms with Gasteiger partial charge < -0.3 is 25.0 Å². The minimum absolute atomic E-state index is 0.0134. The number of nitrogens with zero attached hydrogens (tertiary/aromatic N) is 1. The van der Waals surface area contributed by atoms with Crippen LogP contribution in [-0.4, -0.2) is 61.1 Å². The third-order valence-corrected chi connectivity index (χ3v) is 7.07. The fourth-order valence-corrected chi connectivity index (χ4v) is 5.13.